The van der Waals surface area contributed by atoms with Crippen LogP contribution in [0.5, 0.6) is 5.75 Å². The van der Waals surface area contributed by atoms with Crippen LogP contribution in [0.3, 0.4) is 0 Å². The monoisotopic (exact) mass is 247 g/mol. The zero-order valence-electron chi connectivity index (χ0n) is 11.5. The van der Waals surface area contributed by atoms with Crippen molar-refractivity contribution in [2.75, 3.05) is 6.61 Å². The fourth-order valence-electron chi connectivity index (χ4n) is 1.67. The van der Waals surface area contributed by atoms with Crippen molar-refractivity contribution < 1.29 is 14.0 Å². The molecule has 97 valence electrons. The first kappa shape index (κ1) is 13.4. The second kappa shape index (κ2) is 4.94. The van der Waals surface area contributed by atoms with Crippen LogP contribution >= 0.6 is 0 Å². The van der Waals surface area contributed by atoms with Crippen LogP contribution in [0.15, 0.2) is 24.3 Å². The number of hydrogen-bond acceptors (Lipinski definition) is 3. The van der Waals surface area contributed by atoms with Crippen LogP contribution in [0.2, 0.25) is 0 Å². The molecule has 0 bridgehead atoms. The van der Waals surface area contributed by atoms with Crippen molar-refractivity contribution in [1.29, 1.82) is 0 Å². The number of hydrogen-bond donors (Lipinski definition) is 0. The predicted molar refractivity (Wildman–Crippen MR) is 71.7 cm³/mol. The highest BCUT2D eigenvalue weighted by atomic mass is 16.7. The summed E-state index contributed by atoms with van der Waals surface area (Å²) in [5, 5.41) is 0. The molecule has 0 spiro atoms. The van der Waals surface area contributed by atoms with E-state index in [4.69, 9.17) is 14.0 Å². The summed E-state index contributed by atoms with van der Waals surface area (Å²) < 4.78 is 15.7. The van der Waals surface area contributed by atoms with E-state index in [1.165, 1.54) is 13.2 Å². The molecule has 0 atom stereocenters. The van der Waals surface area contributed by atoms with Crippen molar-refractivity contribution in [3.05, 3.63) is 29.8 Å². The number of benzene rings is 1. The van der Waals surface area contributed by atoms with Gasteiger partial charge in [-0.1, -0.05) is 18.2 Å². The van der Waals surface area contributed by atoms with E-state index in [1.54, 1.807) is 0 Å². The highest BCUT2D eigenvalue weighted by molar-refractivity contribution is 6.19. The molecule has 1 radical (unpaired) electrons. The van der Waals surface area contributed by atoms with Crippen LogP contribution in [-0.4, -0.2) is 25.5 Å². The lowest BCUT2D eigenvalue weighted by molar-refractivity contribution is 0.00578. The maximum absolute atomic E-state index is 5.30. The van der Waals surface area contributed by atoms with Crippen LogP contribution in [0.1, 0.15) is 33.3 Å². The van der Waals surface area contributed by atoms with E-state index in [0.717, 1.165) is 18.8 Å². The SMILES string of the molecule is CC1(C)O[B]OC1(C)C.c1ccc2c(c1)CCO2. The van der Waals surface area contributed by atoms with Crippen molar-refractivity contribution in [3.8, 4) is 5.75 Å². The molecule has 3 nitrogen and oxygen atoms in total. The van der Waals surface area contributed by atoms with E-state index in [-0.39, 0.29) is 11.2 Å². The molecule has 2 aliphatic rings. The second-order valence-electron chi connectivity index (χ2n) is 5.56. The number of rotatable bonds is 0. The zero-order chi connectivity index (χ0) is 13.2. The molecule has 1 fully saturated rings. The smallest absolute Gasteiger partial charge is 0.488 e. The third-order valence-corrected chi connectivity index (χ3v) is 3.74. The minimum atomic E-state index is -0.188. The standard InChI is InChI=1S/C8H8O.C6H12BO2/c1-2-4-8-7(3-1)5-6-9-8;1-5(2)6(3,4)9-7-8-5/h1-4H,5-6H2;1-4H3. The van der Waals surface area contributed by atoms with Crippen molar-refractivity contribution in [3.63, 3.8) is 0 Å². The third kappa shape index (κ3) is 2.70. The second-order valence-corrected chi connectivity index (χ2v) is 5.56. The highest BCUT2D eigenvalue weighted by Gasteiger charge is 2.44. The number of ether oxygens (including phenoxy) is 1. The molecule has 0 N–H and O–H groups in total. The zero-order valence-corrected chi connectivity index (χ0v) is 11.5. The van der Waals surface area contributed by atoms with Crippen LogP contribution in [0.25, 0.3) is 0 Å². The molecule has 0 aliphatic carbocycles. The predicted octanol–water partition coefficient (Wildman–Crippen LogP) is 2.75. The van der Waals surface area contributed by atoms with Gasteiger partial charge in [0.05, 0.1) is 17.8 Å². The molecule has 1 aromatic carbocycles. The summed E-state index contributed by atoms with van der Waals surface area (Å²) in [7, 11) is 1.42. The van der Waals surface area contributed by atoms with Crippen molar-refractivity contribution in [1.82, 2.24) is 0 Å². The van der Waals surface area contributed by atoms with Crippen LogP contribution in [0.4, 0.5) is 0 Å². The fourth-order valence-corrected chi connectivity index (χ4v) is 1.67. The molecule has 18 heavy (non-hydrogen) atoms. The molecule has 0 aromatic heterocycles. The first-order valence-electron chi connectivity index (χ1n) is 6.30. The van der Waals surface area contributed by atoms with Gasteiger partial charge in [-0.25, -0.2) is 0 Å². The summed E-state index contributed by atoms with van der Waals surface area (Å²) >= 11 is 0. The Morgan fingerprint density at radius 2 is 1.61 bits per heavy atom. The molecular formula is C14H20BO3. The van der Waals surface area contributed by atoms with E-state index in [9.17, 15) is 0 Å². The maximum atomic E-state index is 5.30. The Morgan fingerprint density at radius 1 is 1.00 bits per heavy atom. The topological polar surface area (TPSA) is 27.7 Å². The van der Waals surface area contributed by atoms with E-state index >= 15 is 0 Å². The summed E-state index contributed by atoms with van der Waals surface area (Å²) in [5.41, 5.74) is 0.970. The Morgan fingerprint density at radius 3 is 2.11 bits per heavy atom. The van der Waals surface area contributed by atoms with Crippen molar-refractivity contribution in [2.45, 2.75) is 45.3 Å². The minimum Gasteiger partial charge on any atom is -0.493 e. The largest absolute Gasteiger partial charge is 0.493 e. The lowest BCUT2D eigenvalue weighted by atomic mass is 9.90. The normalized spacial score (nSPS) is 22.2. The van der Waals surface area contributed by atoms with Gasteiger partial charge in [0.1, 0.15) is 5.75 Å². The molecular weight excluding hydrogens is 227 g/mol. The lowest BCUT2D eigenvalue weighted by Crippen LogP contribution is -2.41. The van der Waals surface area contributed by atoms with Gasteiger partial charge < -0.3 is 14.0 Å². The first-order valence-corrected chi connectivity index (χ1v) is 6.30. The first-order chi connectivity index (χ1) is 8.42. The van der Waals surface area contributed by atoms with Crippen LogP contribution in [0, 0.1) is 0 Å². The summed E-state index contributed by atoms with van der Waals surface area (Å²) in [6, 6.07) is 8.18. The van der Waals surface area contributed by atoms with Crippen LogP contribution in [-0.2, 0) is 15.7 Å². The molecule has 0 unspecified atom stereocenters. The molecule has 3 rings (SSSR count). The van der Waals surface area contributed by atoms with Gasteiger partial charge in [0.15, 0.2) is 0 Å². The van der Waals surface area contributed by atoms with Gasteiger partial charge in [0, 0.05) is 6.42 Å². The van der Waals surface area contributed by atoms with Gasteiger partial charge in [-0.3, -0.25) is 0 Å². The Kier molecular flexibility index (Phi) is 3.69. The summed E-state index contributed by atoms with van der Waals surface area (Å²) in [5.74, 6) is 1.07. The van der Waals surface area contributed by atoms with Gasteiger partial charge in [0.25, 0.3) is 0 Å². The molecule has 2 aliphatic heterocycles. The quantitative estimate of drug-likeness (QED) is 0.660. The van der Waals surface area contributed by atoms with Crippen LogP contribution < -0.4 is 4.74 Å². The Bertz CT molecular complexity index is 378. The average Bonchev–Trinajstić information content (AvgIpc) is 2.85. The van der Waals surface area contributed by atoms with E-state index in [2.05, 4.69) is 6.07 Å². The Hall–Kier alpha value is -0.995. The third-order valence-electron chi connectivity index (χ3n) is 3.74. The molecule has 1 aromatic rings. The van der Waals surface area contributed by atoms with Crippen molar-refractivity contribution in [2.24, 2.45) is 0 Å². The molecule has 1 saturated heterocycles. The number of para-hydroxylation sites is 1. The van der Waals surface area contributed by atoms with E-state index in [0.29, 0.717) is 0 Å². The summed E-state index contributed by atoms with van der Waals surface area (Å²) in [4.78, 5) is 0. The Labute approximate surface area is 110 Å². The minimum absolute atomic E-state index is 0.187. The molecule has 0 saturated carbocycles. The summed E-state index contributed by atoms with van der Waals surface area (Å²) in [6.07, 6.45) is 1.08. The molecule has 0 amide bonds. The van der Waals surface area contributed by atoms with Gasteiger partial charge in [-0.15, -0.1) is 0 Å². The number of fused-ring (bicyclic) bond motifs is 1. The van der Waals surface area contributed by atoms with Gasteiger partial charge >= 0.3 is 7.69 Å². The van der Waals surface area contributed by atoms with E-state index < -0.39 is 0 Å². The van der Waals surface area contributed by atoms with Gasteiger partial charge in [-0.2, -0.15) is 0 Å². The van der Waals surface area contributed by atoms with Gasteiger partial charge in [0.2, 0.25) is 0 Å². The average molecular weight is 247 g/mol. The van der Waals surface area contributed by atoms with Crippen molar-refractivity contribution >= 4 is 7.69 Å². The van der Waals surface area contributed by atoms with Gasteiger partial charge in [-0.05, 0) is 39.3 Å². The fraction of sp³-hybridized carbons (Fsp3) is 0.571. The molecule has 2 heterocycles. The maximum Gasteiger partial charge on any atom is 0.488 e. The summed E-state index contributed by atoms with van der Waals surface area (Å²) in [6.45, 7) is 8.90. The molecule has 4 heteroatoms. The highest BCUT2D eigenvalue weighted by Crippen LogP contribution is 2.33. The lowest BCUT2D eigenvalue weighted by Gasteiger charge is -2.32. The Balaban J connectivity index is 0.000000134. The van der Waals surface area contributed by atoms with E-state index in [1.807, 2.05) is 45.9 Å².